The maximum absolute atomic E-state index is 13.9. The van der Waals surface area contributed by atoms with Crippen molar-refractivity contribution in [2.75, 3.05) is 33.8 Å². The van der Waals surface area contributed by atoms with Crippen LogP contribution in [0.1, 0.15) is 47.5 Å². The predicted molar refractivity (Wildman–Crippen MR) is 121 cm³/mol. The summed E-state index contributed by atoms with van der Waals surface area (Å²) in [4.78, 5) is 30.4. The number of fused-ring (bicyclic) bond motifs is 2. The molecule has 1 aliphatic rings. The Labute approximate surface area is 186 Å². The van der Waals surface area contributed by atoms with E-state index in [1.807, 2.05) is 50.2 Å². The van der Waals surface area contributed by atoms with Gasteiger partial charge in [-0.15, -0.1) is 0 Å². The fourth-order valence-electron chi connectivity index (χ4n) is 4.09. The SMILES string of the molecule is CCCOc1ccc(C2c3c(oc4ccc(F)cc4c3=O)C(=O)N2CCCN(C)C)cc1. The smallest absolute Gasteiger partial charge is 0.290 e. The summed E-state index contributed by atoms with van der Waals surface area (Å²) in [6.07, 6.45) is 1.64. The maximum atomic E-state index is 13.9. The minimum atomic E-state index is -0.594. The number of nitrogens with zero attached hydrogens (tertiary/aromatic N) is 2. The lowest BCUT2D eigenvalue weighted by atomic mass is 9.98. The van der Waals surface area contributed by atoms with Crippen LogP contribution in [0.2, 0.25) is 0 Å². The molecule has 1 aromatic heterocycles. The van der Waals surface area contributed by atoms with Crippen LogP contribution in [-0.2, 0) is 0 Å². The molecule has 0 spiro atoms. The van der Waals surface area contributed by atoms with Gasteiger partial charge in [-0.2, -0.15) is 0 Å². The first-order valence-electron chi connectivity index (χ1n) is 10.9. The Morgan fingerprint density at radius 1 is 1.12 bits per heavy atom. The highest BCUT2D eigenvalue weighted by atomic mass is 19.1. The molecule has 3 aromatic rings. The van der Waals surface area contributed by atoms with Gasteiger partial charge in [-0.1, -0.05) is 19.1 Å². The van der Waals surface area contributed by atoms with Crippen molar-refractivity contribution in [3.63, 3.8) is 0 Å². The van der Waals surface area contributed by atoms with E-state index >= 15 is 0 Å². The first-order valence-corrected chi connectivity index (χ1v) is 10.9. The Morgan fingerprint density at radius 3 is 2.56 bits per heavy atom. The van der Waals surface area contributed by atoms with Crippen LogP contribution in [0.5, 0.6) is 5.75 Å². The van der Waals surface area contributed by atoms with Crippen LogP contribution >= 0.6 is 0 Å². The van der Waals surface area contributed by atoms with Gasteiger partial charge in [-0.25, -0.2) is 4.39 Å². The van der Waals surface area contributed by atoms with Crippen LogP contribution < -0.4 is 10.2 Å². The molecule has 32 heavy (non-hydrogen) atoms. The molecule has 2 aromatic carbocycles. The molecule has 0 radical (unpaired) electrons. The number of halogens is 1. The third-order valence-electron chi connectivity index (χ3n) is 5.60. The second kappa shape index (κ2) is 9.12. The zero-order valence-corrected chi connectivity index (χ0v) is 18.6. The Bertz CT molecular complexity index is 1190. The third kappa shape index (κ3) is 4.12. The molecule has 1 atom stereocenters. The van der Waals surface area contributed by atoms with Gasteiger partial charge < -0.3 is 19.0 Å². The third-order valence-corrected chi connectivity index (χ3v) is 5.60. The number of hydrogen-bond acceptors (Lipinski definition) is 5. The van der Waals surface area contributed by atoms with Gasteiger partial charge in [-0.3, -0.25) is 9.59 Å². The zero-order valence-electron chi connectivity index (χ0n) is 18.6. The fraction of sp³-hybridized carbons (Fsp3) is 0.360. The van der Waals surface area contributed by atoms with Crippen molar-refractivity contribution in [1.29, 1.82) is 0 Å². The van der Waals surface area contributed by atoms with E-state index in [2.05, 4.69) is 0 Å². The van der Waals surface area contributed by atoms with Crippen LogP contribution in [0, 0.1) is 5.82 Å². The largest absolute Gasteiger partial charge is 0.494 e. The standard InChI is InChI=1S/C25H27FN2O4/c1-4-14-31-18-9-6-16(7-10-18)22-21-23(29)19-15-17(26)8-11-20(19)32-24(21)25(30)28(22)13-5-12-27(2)3/h6-11,15,22H,4-5,12-14H2,1-3H3. The van der Waals surface area contributed by atoms with Gasteiger partial charge >= 0.3 is 0 Å². The van der Waals surface area contributed by atoms with E-state index in [-0.39, 0.29) is 33.6 Å². The molecule has 1 unspecified atom stereocenters. The summed E-state index contributed by atoms with van der Waals surface area (Å²) in [5.74, 6) is -0.0773. The molecule has 0 N–H and O–H groups in total. The average molecular weight is 438 g/mol. The van der Waals surface area contributed by atoms with Crippen molar-refractivity contribution < 1.29 is 18.3 Å². The Balaban J connectivity index is 1.80. The van der Waals surface area contributed by atoms with Crippen LogP contribution in [0.4, 0.5) is 4.39 Å². The average Bonchev–Trinajstić information content (AvgIpc) is 3.05. The lowest BCUT2D eigenvalue weighted by molar-refractivity contribution is 0.0722. The molecule has 1 amide bonds. The highest BCUT2D eigenvalue weighted by Gasteiger charge is 2.42. The van der Waals surface area contributed by atoms with E-state index in [0.717, 1.165) is 30.7 Å². The molecular weight excluding hydrogens is 411 g/mol. The van der Waals surface area contributed by atoms with Gasteiger partial charge in [0.25, 0.3) is 5.91 Å². The minimum Gasteiger partial charge on any atom is -0.494 e. The number of hydrogen-bond donors (Lipinski definition) is 0. The molecule has 0 saturated carbocycles. The van der Waals surface area contributed by atoms with Gasteiger partial charge in [0, 0.05) is 6.54 Å². The molecule has 0 bridgehead atoms. The molecule has 6 nitrogen and oxygen atoms in total. The van der Waals surface area contributed by atoms with Crippen molar-refractivity contribution in [1.82, 2.24) is 9.80 Å². The topological polar surface area (TPSA) is 63.0 Å². The van der Waals surface area contributed by atoms with Gasteiger partial charge in [0.2, 0.25) is 5.76 Å². The van der Waals surface area contributed by atoms with Crippen molar-refractivity contribution in [2.45, 2.75) is 25.8 Å². The second-order valence-electron chi connectivity index (χ2n) is 8.29. The summed E-state index contributed by atoms with van der Waals surface area (Å²) in [5.41, 5.74) is 0.884. The van der Waals surface area contributed by atoms with Crippen LogP contribution in [0.3, 0.4) is 0 Å². The molecular formula is C25H27FN2O4. The first kappa shape index (κ1) is 22.0. The molecule has 0 fully saturated rings. The van der Waals surface area contributed by atoms with Crippen LogP contribution in [-0.4, -0.2) is 49.5 Å². The van der Waals surface area contributed by atoms with Crippen molar-refractivity contribution in [3.05, 3.63) is 75.4 Å². The Kier molecular flexibility index (Phi) is 6.28. The van der Waals surface area contributed by atoms with Gasteiger partial charge in [0.15, 0.2) is 5.43 Å². The normalized spacial score (nSPS) is 15.6. The van der Waals surface area contributed by atoms with E-state index in [1.165, 1.54) is 18.2 Å². The minimum absolute atomic E-state index is 0.0373. The first-order chi connectivity index (χ1) is 15.4. The van der Waals surface area contributed by atoms with Crippen molar-refractivity contribution in [2.24, 2.45) is 0 Å². The molecule has 1 aliphatic heterocycles. The number of rotatable bonds is 8. The zero-order chi connectivity index (χ0) is 22.8. The predicted octanol–water partition coefficient (Wildman–Crippen LogP) is 4.22. The van der Waals surface area contributed by atoms with E-state index in [9.17, 15) is 14.0 Å². The summed E-state index contributed by atoms with van der Waals surface area (Å²) < 4.78 is 25.4. The summed E-state index contributed by atoms with van der Waals surface area (Å²) in [7, 11) is 3.94. The van der Waals surface area contributed by atoms with E-state index in [1.54, 1.807) is 4.90 Å². The number of amides is 1. The lowest BCUT2D eigenvalue weighted by Crippen LogP contribution is -2.32. The van der Waals surface area contributed by atoms with Gasteiger partial charge in [0.05, 0.1) is 23.6 Å². The second-order valence-corrected chi connectivity index (χ2v) is 8.29. The van der Waals surface area contributed by atoms with Gasteiger partial charge in [-0.05, 0) is 69.4 Å². The number of carbonyl (C=O) groups is 1. The highest BCUT2D eigenvalue weighted by molar-refractivity contribution is 5.99. The quantitative estimate of drug-likeness (QED) is 0.527. The van der Waals surface area contributed by atoms with Gasteiger partial charge in [0.1, 0.15) is 17.1 Å². The monoisotopic (exact) mass is 438 g/mol. The molecule has 0 aliphatic carbocycles. The molecule has 2 heterocycles. The molecule has 168 valence electrons. The summed E-state index contributed by atoms with van der Waals surface area (Å²) in [6, 6.07) is 10.6. The maximum Gasteiger partial charge on any atom is 0.290 e. The summed E-state index contributed by atoms with van der Waals surface area (Å²) in [6.45, 7) is 3.91. The number of ether oxygens (including phenoxy) is 1. The lowest BCUT2D eigenvalue weighted by Gasteiger charge is -2.26. The number of benzene rings is 2. The molecule has 4 rings (SSSR count). The van der Waals surface area contributed by atoms with E-state index in [4.69, 9.17) is 9.15 Å². The van der Waals surface area contributed by atoms with E-state index < -0.39 is 11.9 Å². The van der Waals surface area contributed by atoms with Crippen molar-refractivity contribution in [3.8, 4) is 5.75 Å². The molecule has 0 saturated heterocycles. The number of carbonyl (C=O) groups excluding carboxylic acids is 1. The Hall–Kier alpha value is -3.19. The fourth-order valence-corrected chi connectivity index (χ4v) is 4.09. The molecule has 7 heteroatoms. The van der Waals surface area contributed by atoms with Crippen LogP contribution in [0.15, 0.2) is 51.7 Å². The Morgan fingerprint density at radius 2 is 1.88 bits per heavy atom. The van der Waals surface area contributed by atoms with E-state index in [0.29, 0.717) is 13.2 Å². The summed E-state index contributed by atoms with van der Waals surface area (Å²) >= 11 is 0. The van der Waals surface area contributed by atoms with Crippen molar-refractivity contribution >= 4 is 16.9 Å². The van der Waals surface area contributed by atoms with Crippen LogP contribution in [0.25, 0.3) is 11.0 Å². The summed E-state index contributed by atoms with van der Waals surface area (Å²) in [5, 5.41) is 0.139. The highest BCUT2D eigenvalue weighted by Crippen LogP contribution is 2.38.